The van der Waals surface area contributed by atoms with Crippen LogP contribution < -0.4 is 0 Å². The highest BCUT2D eigenvalue weighted by Crippen LogP contribution is 2.19. The fourth-order valence-corrected chi connectivity index (χ4v) is 1.29. The number of hydrogen-bond donors (Lipinski definition) is 0. The summed E-state index contributed by atoms with van der Waals surface area (Å²) in [6.07, 6.45) is 2.25. The van der Waals surface area contributed by atoms with Gasteiger partial charge in [-0.05, 0) is 18.6 Å². The van der Waals surface area contributed by atoms with Crippen molar-refractivity contribution in [1.29, 1.82) is 0 Å². The Kier molecular flexibility index (Phi) is 3.07. The van der Waals surface area contributed by atoms with E-state index >= 15 is 0 Å². The Hall–Kier alpha value is -0.850. The van der Waals surface area contributed by atoms with E-state index in [2.05, 4.69) is 50.9 Å². The Morgan fingerprint density at radius 3 is 2.46 bits per heavy atom. The Morgan fingerprint density at radius 1 is 1.23 bits per heavy atom. The molecule has 0 aromatic carbocycles. The van der Waals surface area contributed by atoms with Crippen molar-refractivity contribution in [2.24, 2.45) is 0 Å². The van der Waals surface area contributed by atoms with E-state index in [-0.39, 0.29) is 5.41 Å². The zero-order chi connectivity index (χ0) is 9.90. The second-order valence-electron chi connectivity index (χ2n) is 4.51. The molecular weight excluding hydrogens is 158 g/mol. The summed E-state index contributed by atoms with van der Waals surface area (Å²) in [6, 6.07) is 6.33. The van der Waals surface area contributed by atoms with E-state index < -0.39 is 0 Å². The Labute approximate surface area is 81.2 Å². The molecule has 1 heteroatoms. The molecule has 1 heterocycles. The molecule has 0 saturated carbocycles. The summed E-state index contributed by atoms with van der Waals surface area (Å²) >= 11 is 0. The molecule has 0 fully saturated rings. The molecule has 1 aromatic rings. The van der Waals surface area contributed by atoms with Crippen LogP contribution >= 0.6 is 0 Å². The molecule has 1 rings (SSSR count). The summed E-state index contributed by atoms with van der Waals surface area (Å²) in [5.41, 5.74) is 2.58. The summed E-state index contributed by atoms with van der Waals surface area (Å²) in [4.78, 5) is 4.63. The van der Waals surface area contributed by atoms with Gasteiger partial charge in [0, 0.05) is 16.8 Å². The Morgan fingerprint density at radius 2 is 1.92 bits per heavy atom. The molecule has 0 saturated heterocycles. The van der Waals surface area contributed by atoms with Gasteiger partial charge in [0.2, 0.25) is 0 Å². The topological polar surface area (TPSA) is 12.9 Å². The van der Waals surface area contributed by atoms with Crippen molar-refractivity contribution in [1.82, 2.24) is 4.98 Å². The minimum absolute atomic E-state index is 0.170. The van der Waals surface area contributed by atoms with Gasteiger partial charge < -0.3 is 0 Å². The van der Waals surface area contributed by atoms with Crippen molar-refractivity contribution >= 4 is 0 Å². The first kappa shape index (κ1) is 10.2. The average molecular weight is 177 g/mol. The van der Waals surface area contributed by atoms with Crippen LogP contribution in [0.15, 0.2) is 18.2 Å². The molecule has 0 aliphatic heterocycles. The van der Waals surface area contributed by atoms with Crippen molar-refractivity contribution in [2.45, 2.75) is 46.0 Å². The lowest BCUT2D eigenvalue weighted by molar-refractivity contribution is 0.565. The van der Waals surface area contributed by atoms with Crippen molar-refractivity contribution in [2.75, 3.05) is 0 Å². The van der Waals surface area contributed by atoms with E-state index in [1.807, 2.05) is 0 Å². The van der Waals surface area contributed by atoms with E-state index in [0.717, 1.165) is 6.42 Å². The second kappa shape index (κ2) is 3.91. The summed E-state index contributed by atoms with van der Waals surface area (Å²) in [7, 11) is 0. The molecule has 0 bridgehead atoms. The Balaban J connectivity index is 2.92. The van der Waals surface area contributed by atoms with Gasteiger partial charge in [0.15, 0.2) is 0 Å². The summed E-state index contributed by atoms with van der Waals surface area (Å²) in [5.74, 6) is 0. The number of rotatable bonds is 2. The maximum atomic E-state index is 4.63. The number of pyridine rings is 1. The number of aryl methyl sites for hydroxylation is 1. The zero-order valence-electron chi connectivity index (χ0n) is 9.09. The third kappa shape index (κ3) is 2.83. The highest BCUT2D eigenvalue weighted by Gasteiger charge is 2.14. The van der Waals surface area contributed by atoms with Gasteiger partial charge in [-0.3, -0.25) is 4.98 Å². The predicted molar refractivity (Wildman–Crippen MR) is 56.9 cm³/mol. The molecule has 0 N–H and O–H groups in total. The van der Waals surface area contributed by atoms with Crippen LogP contribution in [0.3, 0.4) is 0 Å². The number of aromatic nitrogens is 1. The third-order valence-corrected chi connectivity index (χ3v) is 2.08. The van der Waals surface area contributed by atoms with Crippen LogP contribution in [-0.4, -0.2) is 4.98 Å². The van der Waals surface area contributed by atoms with Gasteiger partial charge in [-0.2, -0.15) is 0 Å². The predicted octanol–water partition coefficient (Wildman–Crippen LogP) is 3.33. The normalized spacial score (nSPS) is 11.7. The highest BCUT2D eigenvalue weighted by molar-refractivity contribution is 5.17. The fourth-order valence-electron chi connectivity index (χ4n) is 1.29. The molecule has 0 aliphatic rings. The summed E-state index contributed by atoms with van der Waals surface area (Å²) in [5, 5.41) is 0. The van der Waals surface area contributed by atoms with Crippen LogP contribution in [0.1, 0.15) is 45.5 Å². The molecule has 0 radical (unpaired) electrons. The minimum Gasteiger partial charge on any atom is -0.257 e. The molecule has 0 spiro atoms. The first-order valence-corrected chi connectivity index (χ1v) is 5.00. The van der Waals surface area contributed by atoms with Gasteiger partial charge in [0.25, 0.3) is 0 Å². The van der Waals surface area contributed by atoms with E-state index in [4.69, 9.17) is 0 Å². The SMILES string of the molecule is CCCc1cccc(C(C)(C)C)n1. The lowest BCUT2D eigenvalue weighted by Crippen LogP contribution is -2.14. The van der Waals surface area contributed by atoms with Crippen LogP contribution in [0.25, 0.3) is 0 Å². The fraction of sp³-hybridized carbons (Fsp3) is 0.583. The molecule has 1 aromatic heterocycles. The van der Waals surface area contributed by atoms with Crippen LogP contribution in [0.4, 0.5) is 0 Å². The lowest BCUT2D eigenvalue weighted by Gasteiger charge is -2.18. The summed E-state index contributed by atoms with van der Waals surface area (Å²) in [6.45, 7) is 8.78. The maximum absolute atomic E-state index is 4.63. The van der Waals surface area contributed by atoms with Crippen molar-refractivity contribution in [3.63, 3.8) is 0 Å². The minimum atomic E-state index is 0.170. The molecule has 13 heavy (non-hydrogen) atoms. The van der Waals surface area contributed by atoms with Crippen LogP contribution in [0.2, 0.25) is 0 Å². The highest BCUT2D eigenvalue weighted by atomic mass is 14.7. The lowest BCUT2D eigenvalue weighted by atomic mass is 9.91. The van der Waals surface area contributed by atoms with Gasteiger partial charge in [-0.25, -0.2) is 0 Å². The largest absolute Gasteiger partial charge is 0.257 e. The second-order valence-corrected chi connectivity index (χ2v) is 4.51. The van der Waals surface area contributed by atoms with Gasteiger partial charge in [-0.15, -0.1) is 0 Å². The van der Waals surface area contributed by atoms with Gasteiger partial charge in [-0.1, -0.05) is 40.2 Å². The quantitative estimate of drug-likeness (QED) is 0.675. The molecule has 0 atom stereocenters. The van der Waals surface area contributed by atoms with E-state index in [1.165, 1.54) is 17.8 Å². The standard InChI is InChI=1S/C12H19N/c1-5-7-10-8-6-9-11(13-10)12(2,3)4/h6,8-9H,5,7H2,1-4H3. The van der Waals surface area contributed by atoms with Crippen molar-refractivity contribution in [3.05, 3.63) is 29.6 Å². The zero-order valence-corrected chi connectivity index (χ0v) is 9.09. The Bertz CT molecular complexity index is 271. The molecule has 0 amide bonds. The first-order valence-electron chi connectivity index (χ1n) is 5.00. The third-order valence-electron chi connectivity index (χ3n) is 2.08. The van der Waals surface area contributed by atoms with Crippen molar-refractivity contribution < 1.29 is 0 Å². The first-order chi connectivity index (χ1) is 6.04. The van der Waals surface area contributed by atoms with Gasteiger partial charge >= 0.3 is 0 Å². The molecule has 1 nitrogen and oxygen atoms in total. The van der Waals surface area contributed by atoms with Gasteiger partial charge in [0.05, 0.1) is 0 Å². The van der Waals surface area contributed by atoms with E-state index in [1.54, 1.807) is 0 Å². The number of hydrogen-bond acceptors (Lipinski definition) is 1. The number of nitrogens with zero attached hydrogens (tertiary/aromatic N) is 1. The molecule has 0 unspecified atom stereocenters. The molecular formula is C12H19N. The smallest absolute Gasteiger partial charge is 0.0460 e. The van der Waals surface area contributed by atoms with Crippen molar-refractivity contribution in [3.8, 4) is 0 Å². The molecule has 72 valence electrons. The van der Waals surface area contributed by atoms with Crippen LogP contribution in [0.5, 0.6) is 0 Å². The average Bonchev–Trinajstić information content (AvgIpc) is 2.04. The van der Waals surface area contributed by atoms with Crippen LogP contribution in [-0.2, 0) is 11.8 Å². The van der Waals surface area contributed by atoms with Crippen LogP contribution in [0, 0.1) is 0 Å². The van der Waals surface area contributed by atoms with E-state index in [9.17, 15) is 0 Å². The van der Waals surface area contributed by atoms with Gasteiger partial charge in [0.1, 0.15) is 0 Å². The summed E-state index contributed by atoms with van der Waals surface area (Å²) < 4.78 is 0. The molecule has 0 aliphatic carbocycles. The monoisotopic (exact) mass is 177 g/mol. The maximum Gasteiger partial charge on any atom is 0.0460 e. The van der Waals surface area contributed by atoms with E-state index in [0.29, 0.717) is 0 Å².